The van der Waals surface area contributed by atoms with E-state index in [0.717, 1.165) is 30.4 Å². The van der Waals surface area contributed by atoms with Gasteiger partial charge < -0.3 is 21.4 Å². The zero-order chi connectivity index (χ0) is 21.7. The standard InChI is InChI=1S/C21H17N5O4S/c22-14-15(17(28)16(14)27)24-10-4-1-3-9(7-10)8-23-20(30)18-25-19(29)13-11-5-2-6-12(11)31-21(13)26-18/h1,3-4,7,24H,2,5-6,8,22H2,(H,23,30)(H,25,26,29). The number of H-pyrrole nitrogens is 1. The number of nitrogens with two attached hydrogens (primary N) is 1. The van der Waals surface area contributed by atoms with Crippen LogP contribution in [0.1, 0.15) is 33.0 Å². The molecule has 1 aliphatic carbocycles. The molecular formula is C21H17N5O4S. The van der Waals surface area contributed by atoms with Crippen LogP contribution < -0.4 is 32.8 Å². The Hall–Kier alpha value is -3.79. The van der Waals surface area contributed by atoms with Gasteiger partial charge in [-0.1, -0.05) is 12.1 Å². The average Bonchev–Trinajstić information content (AvgIpc) is 3.36. The van der Waals surface area contributed by atoms with Crippen LogP contribution in [0.4, 0.5) is 17.1 Å². The molecule has 1 aliphatic rings. The number of anilines is 3. The van der Waals surface area contributed by atoms with Crippen molar-refractivity contribution in [3.63, 3.8) is 0 Å². The third-order valence-corrected chi connectivity index (χ3v) is 6.57. The summed E-state index contributed by atoms with van der Waals surface area (Å²) in [6.45, 7) is 0.179. The topological polar surface area (TPSA) is 147 Å². The van der Waals surface area contributed by atoms with Crippen LogP contribution in [0.25, 0.3) is 10.2 Å². The number of amides is 1. The van der Waals surface area contributed by atoms with Crippen LogP contribution in [0, 0.1) is 0 Å². The predicted molar refractivity (Wildman–Crippen MR) is 119 cm³/mol. The summed E-state index contributed by atoms with van der Waals surface area (Å²) in [7, 11) is 0. The Morgan fingerprint density at radius 3 is 2.84 bits per heavy atom. The Morgan fingerprint density at radius 2 is 2.03 bits per heavy atom. The summed E-state index contributed by atoms with van der Waals surface area (Å²) in [6, 6.07) is 6.97. The molecule has 0 fully saturated rings. The van der Waals surface area contributed by atoms with Gasteiger partial charge in [0.1, 0.15) is 16.2 Å². The largest absolute Gasteiger partial charge is 0.394 e. The SMILES string of the molecule is Nc1c(Nc2cccc(CNC(=O)c3nc4sc5c(c4c(=O)[nH]3)CCC5)c2)c(=O)c1=O. The van der Waals surface area contributed by atoms with E-state index in [2.05, 4.69) is 20.6 Å². The highest BCUT2D eigenvalue weighted by atomic mass is 32.1. The summed E-state index contributed by atoms with van der Waals surface area (Å²) in [5.41, 5.74) is 6.26. The average molecular weight is 435 g/mol. The van der Waals surface area contributed by atoms with Crippen molar-refractivity contribution in [2.45, 2.75) is 25.8 Å². The first-order chi connectivity index (χ1) is 14.9. The van der Waals surface area contributed by atoms with Crippen molar-refractivity contribution in [1.29, 1.82) is 0 Å². The molecule has 2 heterocycles. The van der Waals surface area contributed by atoms with Crippen molar-refractivity contribution >= 4 is 44.5 Å². The quantitative estimate of drug-likeness (QED) is 0.346. The number of rotatable bonds is 5. The molecule has 0 bridgehead atoms. The molecule has 31 heavy (non-hydrogen) atoms. The third-order valence-electron chi connectivity index (χ3n) is 5.39. The van der Waals surface area contributed by atoms with Gasteiger partial charge in [-0.15, -0.1) is 11.3 Å². The van der Waals surface area contributed by atoms with Gasteiger partial charge in [0.15, 0.2) is 0 Å². The number of carbonyl (C=O) groups is 1. The minimum absolute atomic E-state index is 0.0248. The number of aryl methyl sites for hydroxylation is 2. The summed E-state index contributed by atoms with van der Waals surface area (Å²) in [5.74, 6) is -0.513. The number of aromatic nitrogens is 2. The fraction of sp³-hybridized carbons (Fsp3) is 0.190. The van der Waals surface area contributed by atoms with E-state index in [9.17, 15) is 19.2 Å². The summed E-state index contributed by atoms with van der Waals surface area (Å²) < 4.78 is 0. The number of hydrogen-bond donors (Lipinski definition) is 4. The van der Waals surface area contributed by atoms with Gasteiger partial charge in [-0.25, -0.2) is 4.98 Å². The maximum absolute atomic E-state index is 12.6. The highest BCUT2D eigenvalue weighted by Gasteiger charge is 2.22. The lowest BCUT2D eigenvalue weighted by molar-refractivity contribution is 0.0940. The molecule has 0 saturated heterocycles. The highest BCUT2D eigenvalue weighted by Crippen LogP contribution is 2.34. The molecule has 9 nitrogen and oxygen atoms in total. The minimum Gasteiger partial charge on any atom is -0.394 e. The van der Waals surface area contributed by atoms with Crippen LogP contribution in [0.15, 0.2) is 38.6 Å². The number of benzene rings is 1. The monoisotopic (exact) mass is 435 g/mol. The van der Waals surface area contributed by atoms with Crippen molar-refractivity contribution in [2.24, 2.45) is 0 Å². The van der Waals surface area contributed by atoms with E-state index in [1.54, 1.807) is 24.3 Å². The molecule has 0 saturated carbocycles. The van der Waals surface area contributed by atoms with E-state index >= 15 is 0 Å². The molecule has 4 aromatic rings. The van der Waals surface area contributed by atoms with Gasteiger partial charge in [0, 0.05) is 17.1 Å². The Balaban J connectivity index is 1.31. The first kappa shape index (κ1) is 19.2. The van der Waals surface area contributed by atoms with Crippen LogP contribution in [0.3, 0.4) is 0 Å². The number of fused-ring (bicyclic) bond motifs is 3. The van der Waals surface area contributed by atoms with Crippen LogP contribution >= 0.6 is 11.3 Å². The fourth-order valence-electron chi connectivity index (χ4n) is 3.81. The van der Waals surface area contributed by atoms with E-state index < -0.39 is 16.8 Å². The second-order valence-electron chi connectivity index (χ2n) is 7.41. The molecule has 1 amide bonds. The molecule has 0 unspecified atom stereocenters. The van der Waals surface area contributed by atoms with Crippen LogP contribution in [-0.2, 0) is 19.4 Å². The smallest absolute Gasteiger partial charge is 0.287 e. The van der Waals surface area contributed by atoms with Crippen molar-refractivity contribution in [3.05, 3.63) is 76.9 Å². The molecule has 5 N–H and O–H groups in total. The first-order valence-corrected chi connectivity index (χ1v) is 10.5. The molecule has 5 rings (SSSR count). The summed E-state index contributed by atoms with van der Waals surface area (Å²) in [6.07, 6.45) is 2.86. The van der Waals surface area contributed by atoms with Crippen LogP contribution in [-0.4, -0.2) is 15.9 Å². The van der Waals surface area contributed by atoms with Gasteiger partial charge in [0.2, 0.25) is 5.82 Å². The molecule has 0 radical (unpaired) electrons. The van der Waals surface area contributed by atoms with Gasteiger partial charge in [-0.3, -0.25) is 19.2 Å². The second-order valence-corrected chi connectivity index (χ2v) is 8.49. The molecule has 0 spiro atoms. The molecule has 0 atom stereocenters. The number of nitrogen functional groups attached to an aromatic ring is 1. The Morgan fingerprint density at radius 1 is 1.19 bits per heavy atom. The zero-order valence-corrected chi connectivity index (χ0v) is 17.0. The number of nitrogens with zero attached hydrogens (tertiary/aromatic N) is 1. The van der Waals surface area contributed by atoms with E-state index in [1.807, 2.05) is 0 Å². The number of thiophene rings is 1. The molecule has 10 heteroatoms. The van der Waals surface area contributed by atoms with E-state index in [-0.39, 0.29) is 29.3 Å². The van der Waals surface area contributed by atoms with Gasteiger partial charge >= 0.3 is 0 Å². The maximum atomic E-state index is 12.6. The van der Waals surface area contributed by atoms with E-state index in [1.165, 1.54) is 16.2 Å². The van der Waals surface area contributed by atoms with Crippen molar-refractivity contribution in [3.8, 4) is 0 Å². The third kappa shape index (κ3) is 3.21. The van der Waals surface area contributed by atoms with Gasteiger partial charge in [0.25, 0.3) is 22.3 Å². The molecular weight excluding hydrogens is 418 g/mol. The molecule has 0 aliphatic heterocycles. The van der Waals surface area contributed by atoms with Gasteiger partial charge in [-0.2, -0.15) is 0 Å². The van der Waals surface area contributed by atoms with Gasteiger partial charge in [0.05, 0.1) is 5.39 Å². The maximum Gasteiger partial charge on any atom is 0.287 e. The van der Waals surface area contributed by atoms with Crippen LogP contribution in [0.2, 0.25) is 0 Å². The lowest BCUT2D eigenvalue weighted by atomic mass is 10.1. The van der Waals surface area contributed by atoms with Gasteiger partial charge in [-0.05, 0) is 42.5 Å². The fourth-order valence-corrected chi connectivity index (χ4v) is 5.07. The van der Waals surface area contributed by atoms with Crippen molar-refractivity contribution in [2.75, 3.05) is 11.1 Å². The van der Waals surface area contributed by atoms with E-state index in [4.69, 9.17) is 5.73 Å². The van der Waals surface area contributed by atoms with Crippen molar-refractivity contribution < 1.29 is 4.79 Å². The van der Waals surface area contributed by atoms with Crippen molar-refractivity contribution in [1.82, 2.24) is 15.3 Å². The number of nitrogens with one attached hydrogen (secondary N) is 3. The Labute approximate surface area is 178 Å². The summed E-state index contributed by atoms with van der Waals surface area (Å²) >= 11 is 1.48. The molecule has 156 valence electrons. The lowest BCUT2D eigenvalue weighted by Gasteiger charge is -2.11. The summed E-state index contributed by atoms with van der Waals surface area (Å²) in [4.78, 5) is 56.6. The Kier molecular flexibility index (Phi) is 4.44. The lowest BCUT2D eigenvalue weighted by Crippen LogP contribution is -2.36. The number of aromatic amines is 1. The highest BCUT2D eigenvalue weighted by molar-refractivity contribution is 7.18. The normalized spacial score (nSPS) is 12.9. The first-order valence-electron chi connectivity index (χ1n) is 9.70. The number of hydrogen-bond acceptors (Lipinski definition) is 8. The Bertz CT molecular complexity index is 1490. The molecule has 2 aromatic carbocycles. The number of carbonyl (C=O) groups excluding carboxylic acids is 1. The molecule has 2 aromatic heterocycles. The zero-order valence-electron chi connectivity index (χ0n) is 16.2. The predicted octanol–water partition coefficient (Wildman–Crippen LogP) is 1.33. The van der Waals surface area contributed by atoms with E-state index in [0.29, 0.717) is 15.9 Å². The van der Waals surface area contributed by atoms with Crippen LogP contribution in [0.5, 0.6) is 0 Å². The summed E-state index contributed by atoms with van der Waals surface area (Å²) in [5, 5.41) is 6.17. The second kappa shape index (κ2) is 7.17. The minimum atomic E-state index is -0.694.